The van der Waals surface area contributed by atoms with Crippen LogP contribution >= 0.6 is 11.6 Å². The fourth-order valence-electron chi connectivity index (χ4n) is 5.35. The Morgan fingerprint density at radius 2 is 1.85 bits per heavy atom. The van der Waals surface area contributed by atoms with Crippen LogP contribution < -0.4 is 4.74 Å². The van der Waals surface area contributed by atoms with Crippen LogP contribution in [0.15, 0.2) is 67.0 Å². The molecule has 1 aliphatic rings. The largest absolute Gasteiger partial charge is 0.495 e. The van der Waals surface area contributed by atoms with E-state index in [1.165, 1.54) is 11.1 Å². The van der Waals surface area contributed by atoms with E-state index in [1.807, 2.05) is 47.1 Å². The first kappa shape index (κ1) is 26.9. The predicted octanol–water partition coefficient (Wildman–Crippen LogP) is 6.38. The quantitative estimate of drug-likeness (QED) is 0.232. The van der Waals surface area contributed by atoms with Crippen LogP contribution in [-0.2, 0) is 17.8 Å². The lowest BCUT2D eigenvalue weighted by atomic mass is 10.0. The number of rotatable bonds is 10. The summed E-state index contributed by atoms with van der Waals surface area (Å²) >= 11 is 6.46. The Kier molecular flexibility index (Phi) is 8.57. The van der Waals surface area contributed by atoms with Gasteiger partial charge in [-0.3, -0.25) is 9.78 Å². The molecule has 4 aromatic rings. The molecule has 0 spiro atoms. The highest BCUT2D eigenvalue weighted by atomic mass is 35.5. The summed E-state index contributed by atoms with van der Waals surface area (Å²) in [6.45, 7) is 3.21. The Hall–Kier alpha value is -3.71. The molecular formula is C31H34ClN5O2. The average Bonchev–Trinajstić information content (AvgIpc) is 3.64. The number of methoxy groups -OCH3 is 1. The smallest absolute Gasteiger partial charge is 0.223 e. The second-order valence-corrected chi connectivity index (χ2v) is 10.4. The summed E-state index contributed by atoms with van der Waals surface area (Å²) in [6.07, 6.45) is 9.15. The molecule has 0 bridgehead atoms. The molecule has 0 saturated heterocycles. The van der Waals surface area contributed by atoms with E-state index in [-0.39, 0.29) is 11.9 Å². The third kappa shape index (κ3) is 6.31. The van der Waals surface area contributed by atoms with Gasteiger partial charge in [0.2, 0.25) is 5.91 Å². The summed E-state index contributed by atoms with van der Waals surface area (Å²) in [7, 11) is 1.60. The highest BCUT2D eigenvalue weighted by Crippen LogP contribution is 2.31. The summed E-state index contributed by atoms with van der Waals surface area (Å²) in [5, 5.41) is 5.37. The van der Waals surface area contributed by atoms with Gasteiger partial charge in [0.05, 0.1) is 18.7 Å². The highest BCUT2D eigenvalue weighted by molar-refractivity contribution is 6.32. The van der Waals surface area contributed by atoms with Crippen molar-refractivity contribution < 1.29 is 9.53 Å². The first-order chi connectivity index (χ1) is 19.0. The summed E-state index contributed by atoms with van der Waals surface area (Å²) in [4.78, 5) is 24.7. The molecule has 202 valence electrons. The molecular weight excluding hydrogens is 510 g/mol. The van der Waals surface area contributed by atoms with Gasteiger partial charge in [-0.05, 0) is 67.6 Å². The van der Waals surface area contributed by atoms with Gasteiger partial charge in [-0.1, -0.05) is 48.7 Å². The van der Waals surface area contributed by atoms with E-state index in [1.54, 1.807) is 19.5 Å². The monoisotopic (exact) mass is 543 g/mol. The van der Waals surface area contributed by atoms with Gasteiger partial charge < -0.3 is 9.64 Å². The fraction of sp³-hybridized carbons (Fsp3) is 0.355. The van der Waals surface area contributed by atoms with Crippen LogP contribution in [0, 0.1) is 6.92 Å². The van der Waals surface area contributed by atoms with Gasteiger partial charge >= 0.3 is 0 Å². The first-order valence-corrected chi connectivity index (χ1v) is 13.9. The fourth-order valence-corrected chi connectivity index (χ4v) is 5.60. The van der Waals surface area contributed by atoms with E-state index < -0.39 is 0 Å². The van der Waals surface area contributed by atoms with E-state index >= 15 is 0 Å². The molecule has 2 aromatic heterocycles. The van der Waals surface area contributed by atoms with Crippen molar-refractivity contribution in [3.8, 4) is 28.5 Å². The maximum atomic E-state index is 13.6. The summed E-state index contributed by atoms with van der Waals surface area (Å²) < 4.78 is 7.23. The van der Waals surface area contributed by atoms with Gasteiger partial charge in [-0.15, -0.1) is 0 Å². The molecule has 0 N–H and O–H groups in total. The number of carbonyl (C=O) groups is 1. The van der Waals surface area contributed by atoms with Gasteiger partial charge in [-0.2, -0.15) is 5.10 Å². The van der Waals surface area contributed by atoms with Crippen LogP contribution in [0.5, 0.6) is 5.75 Å². The number of hydrogen-bond acceptors (Lipinski definition) is 5. The molecule has 5 rings (SSSR count). The number of ether oxygens (including phenoxy) is 1. The molecule has 1 amide bonds. The lowest BCUT2D eigenvalue weighted by molar-refractivity contribution is -0.133. The first-order valence-electron chi connectivity index (χ1n) is 13.6. The minimum Gasteiger partial charge on any atom is -0.495 e. The Balaban J connectivity index is 1.40. The summed E-state index contributed by atoms with van der Waals surface area (Å²) in [5.41, 5.74) is 4.18. The van der Waals surface area contributed by atoms with E-state index in [2.05, 4.69) is 28.9 Å². The van der Waals surface area contributed by atoms with E-state index in [0.717, 1.165) is 43.2 Å². The average molecular weight is 544 g/mol. The number of aryl methyl sites for hydroxylation is 2. The number of halogens is 1. The number of pyridine rings is 1. The van der Waals surface area contributed by atoms with Crippen LogP contribution in [0.2, 0.25) is 5.02 Å². The van der Waals surface area contributed by atoms with Crippen LogP contribution in [-0.4, -0.2) is 50.3 Å². The van der Waals surface area contributed by atoms with E-state index in [9.17, 15) is 4.79 Å². The molecule has 0 atom stereocenters. The van der Waals surface area contributed by atoms with Gasteiger partial charge in [0.1, 0.15) is 5.75 Å². The van der Waals surface area contributed by atoms with Gasteiger partial charge in [-0.25, -0.2) is 9.67 Å². The molecule has 8 heteroatoms. The minimum atomic E-state index is 0.202. The zero-order valence-corrected chi connectivity index (χ0v) is 23.3. The number of benzene rings is 2. The van der Waals surface area contributed by atoms with E-state index in [0.29, 0.717) is 41.9 Å². The normalized spacial score (nSPS) is 13.5. The molecule has 1 aliphatic carbocycles. The Morgan fingerprint density at radius 3 is 2.56 bits per heavy atom. The standard InChI is InChI=1S/C31H34ClN5O2/c1-22-7-3-4-8-23(22)12-14-29(38)36(26-9-5-6-10-26)19-20-37-31(25-11-13-28(39-2)27(32)21-25)34-30(35-37)24-15-17-33-18-16-24/h3-4,7-8,11,13,15-18,21,26H,5-6,9-10,12,14,19-20H2,1-2H3. The minimum absolute atomic E-state index is 0.202. The van der Waals surface area contributed by atoms with Crippen molar-refractivity contribution in [2.45, 2.75) is 58.0 Å². The van der Waals surface area contributed by atoms with Crippen molar-refractivity contribution in [3.05, 3.63) is 83.1 Å². The maximum Gasteiger partial charge on any atom is 0.223 e. The predicted molar refractivity (Wildman–Crippen MR) is 154 cm³/mol. The molecule has 0 unspecified atom stereocenters. The molecule has 0 radical (unpaired) electrons. The zero-order chi connectivity index (χ0) is 27.2. The molecule has 1 fully saturated rings. The Labute approximate surface area is 234 Å². The summed E-state index contributed by atoms with van der Waals surface area (Å²) in [6, 6.07) is 18.0. The molecule has 2 aromatic carbocycles. The lowest BCUT2D eigenvalue weighted by Crippen LogP contribution is -2.41. The van der Waals surface area contributed by atoms with Crippen molar-refractivity contribution in [2.75, 3.05) is 13.7 Å². The second-order valence-electron chi connectivity index (χ2n) is 10.0. The highest BCUT2D eigenvalue weighted by Gasteiger charge is 2.27. The topological polar surface area (TPSA) is 73.1 Å². The van der Waals surface area contributed by atoms with Gasteiger partial charge in [0, 0.05) is 42.5 Å². The van der Waals surface area contributed by atoms with Crippen LogP contribution in [0.25, 0.3) is 22.8 Å². The number of amides is 1. The molecule has 0 aliphatic heterocycles. The van der Waals surface area contributed by atoms with Crippen LogP contribution in [0.1, 0.15) is 43.2 Å². The Morgan fingerprint density at radius 1 is 1.08 bits per heavy atom. The van der Waals surface area contributed by atoms with Gasteiger partial charge in [0.25, 0.3) is 0 Å². The van der Waals surface area contributed by atoms with Crippen molar-refractivity contribution in [3.63, 3.8) is 0 Å². The SMILES string of the molecule is COc1ccc(-c2nc(-c3ccncc3)nn2CCN(C(=O)CCc2ccccc2C)C2CCCC2)cc1Cl. The third-order valence-electron chi connectivity index (χ3n) is 7.53. The maximum absolute atomic E-state index is 13.6. The number of nitrogens with zero attached hydrogens (tertiary/aromatic N) is 5. The molecule has 1 saturated carbocycles. The number of carbonyl (C=O) groups excluding carboxylic acids is 1. The molecule has 39 heavy (non-hydrogen) atoms. The van der Waals surface area contributed by atoms with Crippen molar-refractivity contribution in [1.29, 1.82) is 0 Å². The number of aromatic nitrogens is 4. The lowest BCUT2D eigenvalue weighted by Gasteiger charge is -2.29. The summed E-state index contributed by atoms with van der Waals surface area (Å²) in [5.74, 6) is 2.11. The zero-order valence-electron chi connectivity index (χ0n) is 22.5. The molecule has 2 heterocycles. The molecule has 7 nitrogen and oxygen atoms in total. The van der Waals surface area contributed by atoms with Crippen molar-refractivity contribution in [1.82, 2.24) is 24.6 Å². The number of hydrogen-bond donors (Lipinski definition) is 0. The van der Waals surface area contributed by atoms with E-state index in [4.69, 9.17) is 26.4 Å². The van der Waals surface area contributed by atoms with Crippen molar-refractivity contribution in [2.24, 2.45) is 0 Å². The van der Waals surface area contributed by atoms with Gasteiger partial charge in [0.15, 0.2) is 11.6 Å². The van der Waals surface area contributed by atoms with Crippen LogP contribution in [0.3, 0.4) is 0 Å². The van der Waals surface area contributed by atoms with Crippen LogP contribution in [0.4, 0.5) is 0 Å². The van der Waals surface area contributed by atoms with Crippen molar-refractivity contribution >= 4 is 17.5 Å². The second kappa shape index (κ2) is 12.4. The Bertz CT molecular complexity index is 1420. The third-order valence-corrected chi connectivity index (χ3v) is 7.82.